The van der Waals surface area contributed by atoms with Crippen molar-refractivity contribution in [2.75, 3.05) is 6.61 Å². The number of aliphatic hydroxyl groups is 1. The standard InChI is InChI=1S/C15H22O2/c1-15(9-10-16)8-4-2-3-5-12-11-13(17)6-7-14(12)15/h6-7,11,16-17H,2-5,8-10H2,1H3. The molecule has 2 nitrogen and oxygen atoms in total. The summed E-state index contributed by atoms with van der Waals surface area (Å²) in [7, 11) is 0. The van der Waals surface area contributed by atoms with Crippen LogP contribution in [-0.2, 0) is 11.8 Å². The summed E-state index contributed by atoms with van der Waals surface area (Å²) in [6.07, 6.45) is 6.67. The molecule has 0 spiro atoms. The highest BCUT2D eigenvalue weighted by atomic mass is 16.3. The van der Waals surface area contributed by atoms with Crippen LogP contribution in [0.25, 0.3) is 0 Å². The fraction of sp³-hybridized carbons (Fsp3) is 0.600. The van der Waals surface area contributed by atoms with Crippen LogP contribution in [0.1, 0.15) is 50.2 Å². The van der Waals surface area contributed by atoms with Crippen molar-refractivity contribution < 1.29 is 10.2 Å². The highest BCUT2D eigenvalue weighted by Crippen LogP contribution is 2.38. The maximum atomic E-state index is 9.60. The summed E-state index contributed by atoms with van der Waals surface area (Å²) in [6, 6.07) is 5.72. The molecule has 2 N–H and O–H groups in total. The third-order valence-corrected chi connectivity index (χ3v) is 4.08. The molecule has 1 aromatic carbocycles. The van der Waals surface area contributed by atoms with Crippen molar-refractivity contribution in [2.24, 2.45) is 0 Å². The molecule has 94 valence electrons. The normalized spacial score (nSPS) is 24.8. The second-order valence-electron chi connectivity index (χ2n) is 5.44. The Morgan fingerprint density at radius 2 is 2.06 bits per heavy atom. The van der Waals surface area contributed by atoms with Crippen LogP contribution < -0.4 is 0 Å². The number of benzene rings is 1. The minimum atomic E-state index is 0.0677. The molecule has 0 saturated carbocycles. The predicted molar refractivity (Wildman–Crippen MR) is 69.3 cm³/mol. The first-order valence-electron chi connectivity index (χ1n) is 6.59. The number of fused-ring (bicyclic) bond motifs is 1. The first kappa shape index (κ1) is 12.4. The Labute approximate surface area is 103 Å². The van der Waals surface area contributed by atoms with Gasteiger partial charge in [-0.05, 0) is 54.4 Å². The molecule has 2 rings (SSSR count). The largest absolute Gasteiger partial charge is 0.508 e. The molecule has 0 radical (unpaired) electrons. The van der Waals surface area contributed by atoms with E-state index in [0.717, 1.165) is 19.3 Å². The molecular formula is C15H22O2. The van der Waals surface area contributed by atoms with Gasteiger partial charge in [0.1, 0.15) is 5.75 Å². The zero-order valence-corrected chi connectivity index (χ0v) is 10.6. The second-order valence-corrected chi connectivity index (χ2v) is 5.44. The SMILES string of the molecule is CC1(CCO)CCCCCc2cc(O)ccc21. The lowest BCUT2D eigenvalue weighted by Crippen LogP contribution is -2.26. The molecule has 1 aromatic rings. The van der Waals surface area contributed by atoms with E-state index in [1.165, 1.54) is 30.4 Å². The van der Waals surface area contributed by atoms with Crippen LogP contribution in [0.4, 0.5) is 0 Å². The average molecular weight is 234 g/mol. The van der Waals surface area contributed by atoms with Gasteiger partial charge >= 0.3 is 0 Å². The zero-order chi connectivity index (χ0) is 12.3. The van der Waals surface area contributed by atoms with Crippen molar-refractivity contribution >= 4 is 0 Å². The highest BCUT2D eigenvalue weighted by molar-refractivity contribution is 5.40. The van der Waals surface area contributed by atoms with E-state index in [9.17, 15) is 10.2 Å². The average Bonchev–Trinajstić information content (AvgIpc) is 2.27. The second kappa shape index (κ2) is 5.09. The first-order valence-corrected chi connectivity index (χ1v) is 6.59. The number of aliphatic hydroxyl groups excluding tert-OH is 1. The van der Waals surface area contributed by atoms with Crippen LogP contribution in [0.2, 0.25) is 0 Å². The molecule has 0 saturated heterocycles. The van der Waals surface area contributed by atoms with Gasteiger partial charge in [-0.1, -0.05) is 25.8 Å². The van der Waals surface area contributed by atoms with Crippen molar-refractivity contribution in [1.29, 1.82) is 0 Å². The quantitative estimate of drug-likeness (QED) is 0.825. The summed E-state index contributed by atoms with van der Waals surface area (Å²) < 4.78 is 0. The van der Waals surface area contributed by atoms with Gasteiger partial charge in [0.25, 0.3) is 0 Å². The number of rotatable bonds is 2. The van der Waals surface area contributed by atoms with Gasteiger partial charge in [-0.3, -0.25) is 0 Å². The number of hydrogen-bond donors (Lipinski definition) is 2. The molecule has 1 unspecified atom stereocenters. The summed E-state index contributed by atoms with van der Waals surface area (Å²) in [6.45, 7) is 2.47. The van der Waals surface area contributed by atoms with Crippen LogP contribution in [0.5, 0.6) is 5.75 Å². The number of phenols is 1. The van der Waals surface area contributed by atoms with Crippen molar-refractivity contribution in [1.82, 2.24) is 0 Å². The molecule has 1 aliphatic rings. The lowest BCUT2D eigenvalue weighted by atomic mass is 9.72. The van der Waals surface area contributed by atoms with Gasteiger partial charge in [0.2, 0.25) is 0 Å². The molecule has 0 fully saturated rings. The maximum absolute atomic E-state index is 9.60. The van der Waals surface area contributed by atoms with E-state index in [1.807, 2.05) is 12.1 Å². The monoisotopic (exact) mass is 234 g/mol. The summed E-state index contributed by atoms with van der Waals surface area (Å²) in [5.74, 6) is 0.357. The van der Waals surface area contributed by atoms with E-state index in [1.54, 1.807) is 6.07 Å². The van der Waals surface area contributed by atoms with Crippen LogP contribution in [0.3, 0.4) is 0 Å². The Bertz CT molecular complexity index is 387. The van der Waals surface area contributed by atoms with Gasteiger partial charge in [-0.2, -0.15) is 0 Å². The molecule has 0 amide bonds. The van der Waals surface area contributed by atoms with Crippen LogP contribution in [0.15, 0.2) is 18.2 Å². The molecule has 17 heavy (non-hydrogen) atoms. The van der Waals surface area contributed by atoms with E-state index >= 15 is 0 Å². The van der Waals surface area contributed by atoms with Gasteiger partial charge in [-0.25, -0.2) is 0 Å². The molecule has 0 aliphatic heterocycles. The van der Waals surface area contributed by atoms with Gasteiger partial charge in [0.15, 0.2) is 0 Å². The Morgan fingerprint density at radius 1 is 1.24 bits per heavy atom. The zero-order valence-electron chi connectivity index (χ0n) is 10.6. The van der Waals surface area contributed by atoms with Crippen LogP contribution in [0, 0.1) is 0 Å². The number of aromatic hydroxyl groups is 1. The fourth-order valence-corrected chi connectivity index (χ4v) is 3.02. The molecular weight excluding hydrogens is 212 g/mol. The van der Waals surface area contributed by atoms with E-state index in [0.29, 0.717) is 5.75 Å². The van der Waals surface area contributed by atoms with Gasteiger partial charge in [0.05, 0.1) is 0 Å². The third-order valence-electron chi connectivity index (χ3n) is 4.08. The first-order chi connectivity index (χ1) is 8.15. The molecule has 0 aromatic heterocycles. The van der Waals surface area contributed by atoms with Crippen molar-refractivity contribution in [2.45, 2.75) is 50.9 Å². The van der Waals surface area contributed by atoms with E-state index in [2.05, 4.69) is 6.92 Å². The minimum Gasteiger partial charge on any atom is -0.508 e. The lowest BCUT2D eigenvalue weighted by Gasteiger charge is -2.33. The van der Waals surface area contributed by atoms with E-state index < -0.39 is 0 Å². The molecule has 1 aliphatic carbocycles. The van der Waals surface area contributed by atoms with E-state index in [4.69, 9.17) is 0 Å². The Hall–Kier alpha value is -1.02. The fourth-order valence-electron chi connectivity index (χ4n) is 3.02. The Morgan fingerprint density at radius 3 is 2.82 bits per heavy atom. The van der Waals surface area contributed by atoms with Gasteiger partial charge in [-0.15, -0.1) is 0 Å². The van der Waals surface area contributed by atoms with Crippen LogP contribution in [-0.4, -0.2) is 16.8 Å². The lowest BCUT2D eigenvalue weighted by molar-refractivity contribution is 0.233. The smallest absolute Gasteiger partial charge is 0.115 e. The molecule has 2 heteroatoms. The Kier molecular flexibility index (Phi) is 3.72. The molecule has 0 bridgehead atoms. The topological polar surface area (TPSA) is 40.5 Å². The Balaban J connectivity index is 2.42. The van der Waals surface area contributed by atoms with Gasteiger partial charge < -0.3 is 10.2 Å². The van der Waals surface area contributed by atoms with Crippen molar-refractivity contribution in [3.63, 3.8) is 0 Å². The number of phenolic OH excluding ortho intramolecular Hbond substituents is 1. The number of aryl methyl sites for hydroxylation is 1. The molecule has 0 heterocycles. The minimum absolute atomic E-state index is 0.0677. The van der Waals surface area contributed by atoms with Crippen molar-refractivity contribution in [3.05, 3.63) is 29.3 Å². The predicted octanol–water partition coefficient (Wildman–Crippen LogP) is 3.15. The summed E-state index contributed by atoms with van der Waals surface area (Å²) in [5.41, 5.74) is 2.66. The summed E-state index contributed by atoms with van der Waals surface area (Å²) in [5, 5.41) is 18.9. The van der Waals surface area contributed by atoms with Crippen LogP contribution >= 0.6 is 0 Å². The molecule has 1 atom stereocenters. The van der Waals surface area contributed by atoms with E-state index in [-0.39, 0.29) is 12.0 Å². The number of hydrogen-bond acceptors (Lipinski definition) is 2. The third kappa shape index (κ3) is 2.63. The van der Waals surface area contributed by atoms with Crippen molar-refractivity contribution in [3.8, 4) is 5.75 Å². The summed E-state index contributed by atoms with van der Waals surface area (Å²) >= 11 is 0. The summed E-state index contributed by atoms with van der Waals surface area (Å²) in [4.78, 5) is 0. The van der Waals surface area contributed by atoms with Gasteiger partial charge in [0, 0.05) is 6.61 Å². The maximum Gasteiger partial charge on any atom is 0.115 e. The highest BCUT2D eigenvalue weighted by Gasteiger charge is 2.29.